The van der Waals surface area contributed by atoms with Gasteiger partial charge < -0.3 is 18.9 Å². The van der Waals surface area contributed by atoms with E-state index in [1.807, 2.05) is 0 Å². The van der Waals surface area contributed by atoms with Crippen LogP contribution in [0.4, 0.5) is 4.79 Å². The average molecular weight is 270 g/mol. The van der Waals surface area contributed by atoms with Crippen LogP contribution in [-0.4, -0.2) is 43.8 Å². The smallest absolute Gasteiger partial charge is 0.434 e. The zero-order valence-corrected chi connectivity index (χ0v) is 11.4. The fourth-order valence-corrected chi connectivity index (χ4v) is 2.92. The van der Waals surface area contributed by atoms with Crippen molar-refractivity contribution in [3.8, 4) is 0 Å². The topological polar surface area (TPSA) is 60.6 Å². The van der Waals surface area contributed by atoms with Gasteiger partial charge in [0.25, 0.3) is 0 Å². The van der Waals surface area contributed by atoms with Gasteiger partial charge in [0, 0.05) is 6.42 Å². The molecule has 19 heavy (non-hydrogen) atoms. The van der Waals surface area contributed by atoms with Crippen LogP contribution in [-0.2, 0) is 18.9 Å². The van der Waals surface area contributed by atoms with Crippen LogP contribution in [0.15, 0.2) is 0 Å². The molecule has 5 atom stereocenters. The van der Waals surface area contributed by atoms with Gasteiger partial charge in [0.2, 0.25) is 0 Å². The molecule has 3 rings (SSSR count). The van der Waals surface area contributed by atoms with Gasteiger partial charge in [-0.1, -0.05) is 6.92 Å². The van der Waals surface area contributed by atoms with Gasteiger partial charge in [0.1, 0.15) is 0 Å². The minimum Gasteiger partial charge on any atom is -0.434 e. The third kappa shape index (κ3) is 3.60. The molecule has 1 saturated carbocycles. The molecule has 0 amide bonds. The quantitative estimate of drug-likeness (QED) is 0.547. The maximum atomic E-state index is 11.4. The van der Waals surface area contributed by atoms with Crippen molar-refractivity contribution < 1.29 is 23.7 Å². The zero-order valence-electron chi connectivity index (χ0n) is 11.4. The molecule has 0 aromatic rings. The van der Waals surface area contributed by atoms with Crippen molar-refractivity contribution in [3.63, 3.8) is 0 Å². The lowest BCUT2D eigenvalue weighted by molar-refractivity contribution is 0.0390. The summed E-state index contributed by atoms with van der Waals surface area (Å²) in [5.74, 6) is 0.438. The molecule has 2 aliphatic heterocycles. The first kappa shape index (κ1) is 13.2. The summed E-state index contributed by atoms with van der Waals surface area (Å²) in [6.45, 7) is 2.94. The molecule has 0 aromatic carbocycles. The van der Waals surface area contributed by atoms with Gasteiger partial charge in [-0.2, -0.15) is 0 Å². The van der Waals surface area contributed by atoms with Gasteiger partial charge in [0.05, 0.1) is 37.6 Å². The van der Waals surface area contributed by atoms with E-state index < -0.39 is 6.16 Å². The summed E-state index contributed by atoms with van der Waals surface area (Å²) in [5.41, 5.74) is 0. The number of carbonyl (C=O) groups is 1. The van der Waals surface area contributed by atoms with Crippen LogP contribution < -0.4 is 0 Å². The first-order valence-electron chi connectivity index (χ1n) is 7.36. The molecule has 2 heterocycles. The maximum absolute atomic E-state index is 11.4. The van der Waals surface area contributed by atoms with Crippen LogP contribution in [0.2, 0.25) is 0 Å². The highest BCUT2D eigenvalue weighted by Crippen LogP contribution is 2.39. The number of carbonyl (C=O) groups excluding carboxylic acids is 1. The van der Waals surface area contributed by atoms with Crippen molar-refractivity contribution in [2.75, 3.05) is 13.2 Å². The molecule has 108 valence electrons. The highest BCUT2D eigenvalue weighted by atomic mass is 16.7. The molecular formula is C14H22O5. The van der Waals surface area contributed by atoms with Crippen LogP contribution in [0.25, 0.3) is 0 Å². The normalized spacial score (nSPS) is 39.3. The second kappa shape index (κ2) is 5.67. The molecule has 3 aliphatic rings. The van der Waals surface area contributed by atoms with Crippen LogP contribution in [0.5, 0.6) is 0 Å². The van der Waals surface area contributed by atoms with Crippen LogP contribution in [0.3, 0.4) is 0 Å². The third-order valence-electron chi connectivity index (χ3n) is 4.26. The summed E-state index contributed by atoms with van der Waals surface area (Å²) in [6, 6.07) is 0. The van der Waals surface area contributed by atoms with E-state index in [0.29, 0.717) is 37.4 Å². The van der Waals surface area contributed by atoms with Gasteiger partial charge in [0.15, 0.2) is 0 Å². The molecule has 0 N–H and O–H groups in total. The van der Waals surface area contributed by atoms with Gasteiger partial charge in [-0.05, 0) is 31.6 Å². The Hall–Kier alpha value is -0.810. The molecule has 3 fully saturated rings. The molecule has 5 nitrogen and oxygen atoms in total. The summed E-state index contributed by atoms with van der Waals surface area (Å²) < 4.78 is 21.0. The predicted octanol–water partition coefficient (Wildman–Crippen LogP) is 2.27. The fourth-order valence-electron chi connectivity index (χ4n) is 2.92. The highest BCUT2D eigenvalue weighted by molar-refractivity contribution is 5.59. The van der Waals surface area contributed by atoms with E-state index in [1.165, 1.54) is 0 Å². The Morgan fingerprint density at radius 3 is 2.79 bits per heavy atom. The lowest BCUT2D eigenvalue weighted by Crippen LogP contribution is -2.21. The second-order valence-corrected chi connectivity index (χ2v) is 5.71. The summed E-state index contributed by atoms with van der Waals surface area (Å²) in [4.78, 5) is 11.4. The molecule has 5 unspecified atom stereocenters. The monoisotopic (exact) mass is 270 g/mol. The lowest BCUT2D eigenvalue weighted by Gasteiger charge is -2.18. The standard InChI is InChI=1S/C14H22O5/c1-2-10-12(18-10)5-6-16-14(15)17-8-9-3-4-11-13(7-9)19-11/h9-13H,2-8H2,1H3. The van der Waals surface area contributed by atoms with E-state index in [4.69, 9.17) is 18.9 Å². The Balaban J connectivity index is 1.23. The van der Waals surface area contributed by atoms with Crippen molar-refractivity contribution in [1.82, 2.24) is 0 Å². The van der Waals surface area contributed by atoms with Gasteiger partial charge in [-0.15, -0.1) is 0 Å². The van der Waals surface area contributed by atoms with Gasteiger partial charge in [-0.25, -0.2) is 4.79 Å². The number of ether oxygens (including phenoxy) is 4. The van der Waals surface area contributed by atoms with E-state index >= 15 is 0 Å². The Bertz CT molecular complexity index is 332. The maximum Gasteiger partial charge on any atom is 0.508 e. The second-order valence-electron chi connectivity index (χ2n) is 5.71. The van der Waals surface area contributed by atoms with E-state index in [-0.39, 0.29) is 6.10 Å². The minimum atomic E-state index is -0.549. The molecule has 0 spiro atoms. The van der Waals surface area contributed by atoms with Crippen LogP contribution >= 0.6 is 0 Å². The van der Waals surface area contributed by atoms with Crippen LogP contribution in [0, 0.1) is 5.92 Å². The predicted molar refractivity (Wildman–Crippen MR) is 66.9 cm³/mol. The first-order chi connectivity index (χ1) is 9.26. The van der Waals surface area contributed by atoms with Crippen molar-refractivity contribution in [2.45, 2.75) is 63.4 Å². The number of rotatable bonds is 6. The number of hydrogen-bond donors (Lipinski definition) is 0. The van der Waals surface area contributed by atoms with Crippen molar-refractivity contribution in [1.29, 1.82) is 0 Å². The molecule has 0 aromatic heterocycles. The van der Waals surface area contributed by atoms with Crippen molar-refractivity contribution in [2.24, 2.45) is 5.92 Å². The van der Waals surface area contributed by atoms with Gasteiger partial charge >= 0.3 is 6.16 Å². The minimum absolute atomic E-state index is 0.278. The lowest BCUT2D eigenvalue weighted by atomic mass is 9.90. The summed E-state index contributed by atoms with van der Waals surface area (Å²) in [5, 5.41) is 0. The average Bonchev–Trinajstić information content (AvgIpc) is 3.30. The third-order valence-corrected chi connectivity index (χ3v) is 4.26. The highest BCUT2D eigenvalue weighted by Gasteiger charge is 2.44. The summed E-state index contributed by atoms with van der Waals surface area (Å²) >= 11 is 0. The first-order valence-corrected chi connectivity index (χ1v) is 7.36. The summed E-state index contributed by atoms with van der Waals surface area (Å²) in [6.07, 6.45) is 6.03. The van der Waals surface area contributed by atoms with Crippen molar-refractivity contribution >= 4 is 6.16 Å². The Morgan fingerprint density at radius 2 is 2.05 bits per heavy atom. The fraction of sp³-hybridized carbons (Fsp3) is 0.929. The molecule has 5 heteroatoms. The number of fused-ring (bicyclic) bond motifs is 1. The van der Waals surface area contributed by atoms with E-state index in [9.17, 15) is 4.79 Å². The Kier molecular flexibility index (Phi) is 3.93. The van der Waals surface area contributed by atoms with Crippen molar-refractivity contribution in [3.05, 3.63) is 0 Å². The zero-order chi connectivity index (χ0) is 13.2. The SMILES string of the molecule is CCC1OC1CCOC(=O)OCC1CCC2OC2C1. The number of hydrogen-bond acceptors (Lipinski definition) is 5. The molecule has 1 aliphatic carbocycles. The van der Waals surface area contributed by atoms with E-state index in [0.717, 1.165) is 32.1 Å². The molecule has 0 bridgehead atoms. The number of epoxide rings is 2. The largest absolute Gasteiger partial charge is 0.508 e. The Labute approximate surface area is 113 Å². The molecular weight excluding hydrogens is 248 g/mol. The molecule has 0 radical (unpaired) electrons. The van der Waals surface area contributed by atoms with Crippen LogP contribution in [0.1, 0.15) is 39.0 Å². The van der Waals surface area contributed by atoms with Gasteiger partial charge in [-0.3, -0.25) is 0 Å². The van der Waals surface area contributed by atoms with E-state index in [2.05, 4.69) is 6.92 Å². The Morgan fingerprint density at radius 1 is 1.16 bits per heavy atom. The van der Waals surface area contributed by atoms with E-state index in [1.54, 1.807) is 0 Å². The summed E-state index contributed by atoms with van der Waals surface area (Å²) in [7, 11) is 0. The molecule has 2 saturated heterocycles.